The summed E-state index contributed by atoms with van der Waals surface area (Å²) in [6.07, 6.45) is 0. The minimum Gasteiger partial charge on any atom is -0.331 e. The lowest BCUT2D eigenvalue weighted by molar-refractivity contribution is -0.133. The molecule has 0 bridgehead atoms. The van der Waals surface area contributed by atoms with Crippen LogP contribution in [0.4, 0.5) is 0 Å². The summed E-state index contributed by atoms with van der Waals surface area (Å²) in [5.74, 6) is -0.0320. The van der Waals surface area contributed by atoms with E-state index in [1.807, 2.05) is 46.8 Å². The van der Waals surface area contributed by atoms with Gasteiger partial charge in [-0.1, -0.05) is 23.5 Å². The third-order valence-electron chi connectivity index (χ3n) is 3.48. The first kappa shape index (κ1) is 16.2. The molecule has 0 saturated heterocycles. The molecular formula is C16H16N2O2S3. The molecule has 0 spiro atoms. The van der Waals surface area contributed by atoms with Crippen LogP contribution in [0.1, 0.15) is 15.4 Å². The molecule has 3 aromatic rings. The molecule has 0 aliphatic rings. The molecule has 0 N–H and O–H groups in total. The smallest absolute Gasteiger partial charge is 0.307 e. The van der Waals surface area contributed by atoms with Crippen molar-refractivity contribution in [1.29, 1.82) is 0 Å². The van der Waals surface area contributed by atoms with Crippen LogP contribution < -0.4 is 4.87 Å². The van der Waals surface area contributed by atoms with Crippen LogP contribution in [-0.4, -0.2) is 15.4 Å². The van der Waals surface area contributed by atoms with E-state index in [2.05, 4.69) is 0 Å². The molecule has 23 heavy (non-hydrogen) atoms. The molecule has 0 saturated carbocycles. The Bertz CT molecular complexity index is 780. The Morgan fingerprint density at radius 3 is 2.13 bits per heavy atom. The monoisotopic (exact) mass is 364 g/mol. The molecule has 7 heteroatoms. The van der Waals surface area contributed by atoms with Crippen molar-refractivity contribution in [3.63, 3.8) is 0 Å². The van der Waals surface area contributed by atoms with Gasteiger partial charge in [0.2, 0.25) is 5.91 Å². The third-order valence-corrected chi connectivity index (χ3v) is 6.08. The molecule has 0 radical (unpaired) electrons. The van der Waals surface area contributed by atoms with Crippen LogP contribution >= 0.6 is 34.0 Å². The maximum absolute atomic E-state index is 12.7. The van der Waals surface area contributed by atoms with Crippen LogP contribution in [0.15, 0.2) is 45.2 Å². The highest BCUT2D eigenvalue weighted by molar-refractivity contribution is 7.10. The molecule has 0 aromatic carbocycles. The first-order valence-electron chi connectivity index (χ1n) is 7.11. The maximum atomic E-state index is 12.7. The van der Waals surface area contributed by atoms with Gasteiger partial charge in [-0.2, -0.15) is 0 Å². The Morgan fingerprint density at radius 1 is 1.09 bits per heavy atom. The molecule has 120 valence electrons. The highest BCUT2D eigenvalue weighted by atomic mass is 32.1. The number of carbonyl (C=O) groups is 1. The molecule has 3 heterocycles. The number of nitrogens with zero attached hydrogens (tertiary/aromatic N) is 2. The second-order valence-electron chi connectivity index (χ2n) is 5.14. The van der Waals surface area contributed by atoms with Gasteiger partial charge in [0.1, 0.15) is 6.54 Å². The van der Waals surface area contributed by atoms with Crippen molar-refractivity contribution in [2.24, 2.45) is 0 Å². The van der Waals surface area contributed by atoms with Crippen molar-refractivity contribution in [2.45, 2.75) is 26.6 Å². The van der Waals surface area contributed by atoms with E-state index in [0.29, 0.717) is 13.1 Å². The summed E-state index contributed by atoms with van der Waals surface area (Å²) in [6, 6.07) is 8.03. The van der Waals surface area contributed by atoms with Gasteiger partial charge in [-0.3, -0.25) is 14.2 Å². The number of hydrogen-bond acceptors (Lipinski definition) is 5. The predicted octanol–water partition coefficient (Wildman–Crippen LogP) is 3.57. The Labute approximate surface area is 146 Å². The van der Waals surface area contributed by atoms with Gasteiger partial charge < -0.3 is 4.90 Å². The number of thiazole rings is 1. The molecule has 0 aliphatic heterocycles. The van der Waals surface area contributed by atoms with E-state index in [0.717, 1.165) is 26.8 Å². The average molecular weight is 365 g/mol. The number of carbonyl (C=O) groups excluding carboxylic acids is 1. The standard InChI is InChI=1S/C16H16N2O2S3/c1-12-11-23-16(20)18(12)10-15(19)17(8-13-4-2-6-21-13)9-14-5-3-7-22-14/h2-7,11H,8-10H2,1H3. The zero-order valence-electron chi connectivity index (χ0n) is 12.6. The average Bonchev–Trinajstić information content (AvgIpc) is 3.26. The van der Waals surface area contributed by atoms with E-state index >= 15 is 0 Å². The zero-order chi connectivity index (χ0) is 16.2. The molecule has 3 rings (SSSR count). The van der Waals surface area contributed by atoms with Crippen molar-refractivity contribution in [3.8, 4) is 0 Å². The van der Waals surface area contributed by atoms with Crippen molar-refractivity contribution < 1.29 is 4.79 Å². The second kappa shape index (κ2) is 7.25. The molecule has 0 aliphatic carbocycles. The molecule has 0 unspecified atom stereocenters. The van der Waals surface area contributed by atoms with E-state index < -0.39 is 0 Å². The predicted molar refractivity (Wildman–Crippen MR) is 96.2 cm³/mol. The summed E-state index contributed by atoms with van der Waals surface area (Å²) >= 11 is 4.41. The fourth-order valence-corrected chi connectivity index (χ4v) is 4.42. The molecule has 0 atom stereocenters. The summed E-state index contributed by atoms with van der Waals surface area (Å²) < 4.78 is 1.54. The number of thiophene rings is 2. The summed E-state index contributed by atoms with van der Waals surface area (Å²) in [7, 11) is 0. The first-order valence-corrected chi connectivity index (χ1v) is 9.75. The van der Waals surface area contributed by atoms with Gasteiger partial charge in [-0.15, -0.1) is 22.7 Å². The Morgan fingerprint density at radius 2 is 1.70 bits per heavy atom. The molecule has 0 fully saturated rings. The minimum absolute atomic E-state index is 0.0320. The van der Waals surface area contributed by atoms with Gasteiger partial charge >= 0.3 is 4.87 Å². The third kappa shape index (κ3) is 3.99. The summed E-state index contributed by atoms with van der Waals surface area (Å²) in [5.41, 5.74) is 0.834. The van der Waals surface area contributed by atoms with E-state index in [1.165, 1.54) is 0 Å². The Hall–Kier alpha value is -1.70. The van der Waals surface area contributed by atoms with Crippen LogP contribution in [0.25, 0.3) is 0 Å². The van der Waals surface area contributed by atoms with Crippen LogP contribution in [0.5, 0.6) is 0 Å². The number of rotatable bonds is 6. The number of aryl methyl sites for hydroxylation is 1. The molecule has 1 amide bonds. The number of hydrogen-bond donors (Lipinski definition) is 0. The van der Waals surface area contributed by atoms with Gasteiger partial charge in [-0.05, 0) is 29.8 Å². The van der Waals surface area contributed by atoms with E-state index in [9.17, 15) is 9.59 Å². The van der Waals surface area contributed by atoms with Crippen molar-refractivity contribution in [2.75, 3.05) is 0 Å². The maximum Gasteiger partial charge on any atom is 0.307 e. The van der Waals surface area contributed by atoms with Gasteiger partial charge in [-0.25, -0.2) is 0 Å². The minimum atomic E-state index is -0.0805. The van der Waals surface area contributed by atoms with Gasteiger partial charge in [0.15, 0.2) is 0 Å². The second-order valence-corrected chi connectivity index (χ2v) is 8.02. The van der Waals surface area contributed by atoms with Crippen molar-refractivity contribution >= 4 is 39.9 Å². The Balaban J connectivity index is 1.78. The lowest BCUT2D eigenvalue weighted by Gasteiger charge is -2.22. The molecular weight excluding hydrogens is 348 g/mol. The highest BCUT2D eigenvalue weighted by Crippen LogP contribution is 2.17. The number of aromatic nitrogens is 1. The first-order chi connectivity index (χ1) is 11.1. The SMILES string of the molecule is Cc1csc(=O)n1CC(=O)N(Cc1cccs1)Cc1cccs1. The van der Waals surface area contributed by atoms with Crippen molar-refractivity contribution in [3.05, 3.63) is 65.5 Å². The van der Waals surface area contributed by atoms with E-state index in [4.69, 9.17) is 0 Å². The van der Waals surface area contributed by atoms with E-state index in [1.54, 1.807) is 32.6 Å². The van der Waals surface area contributed by atoms with Crippen molar-refractivity contribution in [1.82, 2.24) is 9.47 Å². The van der Waals surface area contributed by atoms with Crippen LogP contribution in [0, 0.1) is 6.92 Å². The number of amides is 1. The van der Waals surface area contributed by atoms with Crippen LogP contribution in [0.3, 0.4) is 0 Å². The summed E-state index contributed by atoms with van der Waals surface area (Å²) in [5, 5.41) is 5.81. The van der Waals surface area contributed by atoms with Crippen LogP contribution in [-0.2, 0) is 24.4 Å². The largest absolute Gasteiger partial charge is 0.331 e. The molecule has 3 aromatic heterocycles. The van der Waals surface area contributed by atoms with Gasteiger partial charge in [0.05, 0.1) is 13.1 Å². The highest BCUT2D eigenvalue weighted by Gasteiger charge is 2.18. The quantitative estimate of drug-likeness (QED) is 0.671. The lowest BCUT2D eigenvalue weighted by Crippen LogP contribution is -2.34. The summed E-state index contributed by atoms with van der Waals surface area (Å²) in [6.45, 7) is 3.11. The topological polar surface area (TPSA) is 42.3 Å². The van der Waals surface area contributed by atoms with Crippen LogP contribution in [0.2, 0.25) is 0 Å². The summed E-state index contributed by atoms with van der Waals surface area (Å²) in [4.78, 5) is 28.6. The fraction of sp³-hybridized carbons (Fsp3) is 0.250. The normalized spacial score (nSPS) is 10.8. The molecule has 4 nitrogen and oxygen atoms in total. The Kier molecular flexibility index (Phi) is 5.09. The lowest BCUT2D eigenvalue weighted by atomic mass is 10.3. The zero-order valence-corrected chi connectivity index (χ0v) is 15.0. The van der Waals surface area contributed by atoms with E-state index in [-0.39, 0.29) is 17.3 Å². The fourth-order valence-electron chi connectivity index (χ4n) is 2.24. The van der Waals surface area contributed by atoms with Gasteiger partial charge in [0, 0.05) is 20.8 Å². The van der Waals surface area contributed by atoms with Gasteiger partial charge in [0.25, 0.3) is 0 Å².